The number of nitrogens with one attached hydrogen (secondary N) is 1. The van der Waals surface area contributed by atoms with Gasteiger partial charge in [-0.15, -0.1) is 0 Å². The molecule has 1 saturated heterocycles. The maximum Gasteiger partial charge on any atom is 0.471 e. The lowest BCUT2D eigenvalue weighted by Gasteiger charge is -2.45. The first kappa shape index (κ1) is 16.7. The zero-order chi connectivity index (χ0) is 15.8. The summed E-state index contributed by atoms with van der Waals surface area (Å²) in [5.41, 5.74) is -0.610. The van der Waals surface area contributed by atoms with Crippen molar-refractivity contribution in [3.05, 3.63) is 0 Å². The van der Waals surface area contributed by atoms with Crippen molar-refractivity contribution in [1.29, 1.82) is 0 Å². The quantitative estimate of drug-likeness (QED) is 0.760. The minimum atomic E-state index is -4.91. The summed E-state index contributed by atoms with van der Waals surface area (Å²) in [6.45, 7) is 5.52. The number of hydrogen-bond donors (Lipinski definition) is 1. The highest BCUT2D eigenvalue weighted by Gasteiger charge is 2.49. The Balaban J connectivity index is 2.67. The van der Waals surface area contributed by atoms with Gasteiger partial charge in [0.2, 0.25) is 0 Å². The average molecular weight is 296 g/mol. The molecule has 20 heavy (non-hydrogen) atoms. The monoisotopic (exact) mass is 296 g/mol. The summed E-state index contributed by atoms with van der Waals surface area (Å²) < 4.78 is 35.9. The first-order valence-corrected chi connectivity index (χ1v) is 6.34. The van der Waals surface area contributed by atoms with Gasteiger partial charge >= 0.3 is 12.1 Å². The predicted molar refractivity (Wildman–Crippen MR) is 62.3 cm³/mol. The average Bonchev–Trinajstić information content (AvgIpc) is 2.69. The molecule has 0 aliphatic carbocycles. The molecule has 1 N–H and O–H groups in total. The van der Waals surface area contributed by atoms with Crippen LogP contribution in [-0.4, -0.2) is 47.8 Å². The van der Waals surface area contributed by atoms with E-state index in [1.165, 1.54) is 0 Å². The molecule has 8 heteroatoms. The number of carbonyl (C=O) groups excluding carboxylic acids is 2. The Morgan fingerprint density at radius 1 is 1.30 bits per heavy atom. The number of amides is 2. The Morgan fingerprint density at radius 3 is 2.20 bits per heavy atom. The summed E-state index contributed by atoms with van der Waals surface area (Å²) in [7, 11) is 0. The molecule has 1 aliphatic rings. The molecule has 0 aromatic carbocycles. The lowest BCUT2D eigenvalue weighted by atomic mass is 10.0. The SMILES string of the molecule is CC(C)(C)[N+]1(C(=O)[O-])CC[C@H](CNC(=O)C(F)(F)F)C1. The lowest BCUT2D eigenvalue weighted by Crippen LogP contribution is -2.66. The third kappa shape index (κ3) is 3.23. The third-order valence-corrected chi connectivity index (χ3v) is 3.93. The van der Waals surface area contributed by atoms with Crippen LogP contribution in [-0.2, 0) is 4.79 Å². The number of alkyl halides is 3. The summed E-state index contributed by atoms with van der Waals surface area (Å²) >= 11 is 0. The fourth-order valence-electron chi connectivity index (χ4n) is 2.58. The fraction of sp³-hybridized carbons (Fsp3) is 0.833. The Labute approximate surface area is 115 Å². The van der Waals surface area contributed by atoms with Crippen molar-refractivity contribution in [3.8, 4) is 0 Å². The van der Waals surface area contributed by atoms with E-state index in [0.29, 0.717) is 13.0 Å². The zero-order valence-corrected chi connectivity index (χ0v) is 11.7. The standard InChI is InChI=1S/C12H19F3N2O3/c1-11(2,3)17(10(19)20)5-4-8(7-17)6-16-9(18)12(13,14)15/h8H,4-7H2,1-3H3,(H-,16,18,19,20)/t8-,17?/m1/s1. The van der Waals surface area contributed by atoms with E-state index in [1.807, 2.05) is 0 Å². The van der Waals surface area contributed by atoms with Gasteiger partial charge in [-0.25, -0.2) is 0 Å². The van der Waals surface area contributed by atoms with Crippen LogP contribution in [0.3, 0.4) is 0 Å². The van der Waals surface area contributed by atoms with Crippen molar-refractivity contribution in [1.82, 2.24) is 5.32 Å². The molecule has 1 rings (SSSR count). The second kappa shape index (κ2) is 5.23. The van der Waals surface area contributed by atoms with Gasteiger partial charge in [-0.05, 0) is 20.8 Å². The molecule has 1 aliphatic heterocycles. The Kier molecular flexibility index (Phi) is 4.38. The summed E-state index contributed by atoms with van der Waals surface area (Å²) in [4.78, 5) is 22.2. The normalized spacial score (nSPS) is 27.4. The van der Waals surface area contributed by atoms with Crippen LogP contribution in [0, 0.1) is 5.92 Å². The Morgan fingerprint density at radius 2 is 1.85 bits per heavy atom. The number of nitrogens with zero attached hydrogens (tertiary/aromatic N) is 1. The predicted octanol–water partition coefficient (Wildman–Crippen LogP) is 0.643. The van der Waals surface area contributed by atoms with Crippen LogP contribution in [0.25, 0.3) is 0 Å². The van der Waals surface area contributed by atoms with Gasteiger partial charge in [0.1, 0.15) is 0 Å². The van der Waals surface area contributed by atoms with Gasteiger partial charge in [0, 0.05) is 18.9 Å². The zero-order valence-electron chi connectivity index (χ0n) is 11.7. The van der Waals surface area contributed by atoms with Crippen LogP contribution in [0.4, 0.5) is 18.0 Å². The second-order valence-electron chi connectivity index (χ2n) is 6.17. The van der Waals surface area contributed by atoms with E-state index in [1.54, 1.807) is 26.1 Å². The molecule has 0 radical (unpaired) electrons. The molecular formula is C12H19F3N2O3. The number of likely N-dealkylation sites (tertiary alicyclic amines) is 1. The summed E-state index contributed by atoms with van der Waals surface area (Å²) in [5.74, 6) is -2.30. The fourth-order valence-corrected chi connectivity index (χ4v) is 2.58. The van der Waals surface area contributed by atoms with Crippen molar-refractivity contribution in [3.63, 3.8) is 0 Å². The maximum absolute atomic E-state index is 12.1. The third-order valence-electron chi connectivity index (χ3n) is 3.93. The summed E-state index contributed by atoms with van der Waals surface area (Å²) in [6, 6.07) is 0. The van der Waals surface area contributed by atoms with Gasteiger partial charge in [0.25, 0.3) is 6.09 Å². The van der Waals surface area contributed by atoms with Crippen LogP contribution in [0.2, 0.25) is 0 Å². The van der Waals surface area contributed by atoms with Crippen molar-refractivity contribution >= 4 is 12.0 Å². The van der Waals surface area contributed by atoms with Gasteiger partial charge in [0.15, 0.2) is 0 Å². The molecule has 5 nitrogen and oxygen atoms in total. The highest BCUT2D eigenvalue weighted by Crippen LogP contribution is 2.33. The van der Waals surface area contributed by atoms with E-state index in [0.717, 1.165) is 0 Å². The highest BCUT2D eigenvalue weighted by molar-refractivity contribution is 5.81. The van der Waals surface area contributed by atoms with E-state index in [9.17, 15) is 27.9 Å². The number of quaternary nitrogens is 1. The first-order valence-electron chi connectivity index (χ1n) is 6.34. The van der Waals surface area contributed by atoms with Crippen LogP contribution in [0.1, 0.15) is 27.2 Å². The maximum atomic E-state index is 12.1. The van der Waals surface area contributed by atoms with Gasteiger partial charge in [-0.3, -0.25) is 9.28 Å². The number of carboxylic acid groups (broad SMARTS) is 1. The van der Waals surface area contributed by atoms with Crippen LogP contribution in [0.15, 0.2) is 0 Å². The Bertz CT molecular complexity index is 404. The van der Waals surface area contributed by atoms with Gasteiger partial charge in [-0.2, -0.15) is 13.2 Å². The van der Waals surface area contributed by atoms with E-state index in [-0.39, 0.29) is 23.5 Å². The molecular weight excluding hydrogens is 277 g/mol. The molecule has 0 aromatic heterocycles. The minimum Gasteiger partial charge on any atom is -0.498 e. The van der Waals surface area contributed by atoms with Crippen molar-refractivity contribution < 1.29 is 32.3 Å². The first-order chi connectivity index (χ1) is 8.90. The molecule has 1 heterocycles. The van der Waals surface area contributed by atoms with E-state index >= 15 is 0 Å². The van der Waals surface area contributed by atoms with E-state index < -0.39 is 23.7 Å². The minimum absolute atomic E-state index is 0.157. The second-order valence-corrected chi connectivity index (χ2v) is 6.17. The number of carbonyl (C=O) groups is 2. The number of rotatable bonds is 2. The van der Waals surface area contributed by atoms with Crippen LogP contribution in [0.5, 0.6) is 0 Å². The van der Waals surface area contributed by atoms with E-state index in [2.05, 4.69) is 0 Å². The topological polar surface area (TPSA) is 69.2 Å². The number of halogens is 3. The van der Waals surface area contributed by atoms with Crippen molar-refractivity contribution in [2.75, 3.05) is 19.6 Å². The van der Waals surface area contributed by atoms with Crippen molar-refractivity contribution in [2.45, 2.75) is 38.9 Å². The summed E-state index contributed by atoms with van der Waals surface area (Å²) in [5, 5.41) is 13.2. The highest BCUT2D eigenvalue weighted by atomic mass is 19.4. The largest absolute Gasteiger partial charge is 0.498 e. The lowest BCUT2D eigenvalue weighted by molar-refractivity contribution is -0.910. The molecule has 0 aromatic rings. The molecule has 1 unspecified atom stereocenters. The van der Waals surface area contributed by atoms with Gasteiger partial charge in [0.05, 0.1) is 18.6 Å². The van der Waals surface area contributed by atoms with E-state index in [4.69, 9.17) is 0 Å². The molecule has 116 valence electrons. The Hall–Kier alpha value is -1.31. The van der Waals surface area contributed by atoms with Gasteiger partial charge in [-0.1, -0.05) is 0 Å². The summed E-state index contributed by atoms with van der Waals surface area (Å²) in [6.07, 6.45) is -5.71. The van der Waals surface area contributed by atoms with Crippen LogP contribution >= 0.6 is 0 Å². The molecule has 2 atom stereocenters. The van der Waals surface area contributed by atoms with Gasteiger partial charge < -0.3 is 15.2 Å². The molecule has 1 fully saturated rings. The molecule has 0 bridgehead atoms. The number of hydrogen-bond acceptors (Lipinski definition) is 3. The smallest absolute Gasteiger partial charge is 0.471 e. The molecule has 0 saturated carbocycles. The van der Waals surface area contributed by atoms with Crippen LogP contribution < -0.4 is 10.4 Å². The molecule has 0 spiro atoms. The van der Waals surface area contributed by atoms with Crippen molar-refractivity contribution in [2.24, 2.45) is 5.92 Å². The molecule has 2 amide bonds.